The number of pyridine rings is 2. The van der Waals surface area contributed by atoms with Crippen LogP contribution in [0.5, 0.6) is 0 Å². The van der Waals surface area contributed by atoms with Gasteiger partial charge in [-0.15, -0.1) is 0 Å². The van der Waals surface area contributed by atoms with Crippen LogP contribution in [0.3, 0.4) is 0 Å². The van der Waals surface area contributed by atoms with Crippen LogP contribution >= 0.6 is 0 Å². The van der Waals surface area contributed by atoms with Gasteiger partial charge in [0.15, 0.2) is 5.69 Å². The molecule has 0 bridgehead atoms. The van der Waals surface area contributed by atoms with E-state index >= 15 is 0 Å². The molecule has 2 aromatic heterocycles. The molecule has 7 N–H and O–H groups in total. The molecule has 0 radical (unpaired) electrons. The van der Waals surface area contributed by atoms with Gasteiger partial charge in [0.2, 0.25) is 0 Å². The number of aliphatic hydroxyl groups is 1. The monoisotopic (exact) mass is 412 g/mol. The third kappa shape index (κ3) is 5.90. The summed E-state index contributed by atoms with van der Waals surface area (Å²) in [5, 5.41) is 16.8. The van der Waals surface area contributed by atoms with E-state index in [4.69, 9.17) is 11.5 Å². The van der Waals surface area contributed by atoms with Crippen LogP contribution in [0.2, 0.25) is 0 Å². The van der Waals surface area contributed by atoms with E-state index in [0.717, 1.165) is 42.6 Å². The molecule has 0 saturated heterocycles. The normalized spacial score (nSPS) is 19.4. The van der Waals surface area contributed by atoms with Crippen molar-refractivity contribution in [3.8, 4) is 0 Å². The maximum absolute atomic E-state index is 11.9. The van der Waals surface area contributed by atoms with Crippen LogP contribution in [0.15, 0.2) is 24.4 Å². The highest BCUT2D eigenvalue weighted by Gasteiger charge is 2.22. The van der Waals surface area contributed by atoms with Gasteiger partial charge in [-0.1, -0.05) is 12.8 Å². The van der Waals surface area contributed by atoms with Crippen molar-refractivity contribution in [3.63, 3.8) is 0 Å². The second-order valence-corrected chi connectivity index (χ2v) is 8.80. The number of aromatic nitrogens is 2. The van der Waals surface area contributed by atoms with Crippen LogP contribution in [0.25, 0.3) is 0 Å². The summed E-state index contributed by atoms with van der Waals surface area (Å²) in [7, 11) is 0. The average Bonchev–Trinajstić information content (AvgIpc) is 2.61. The number of carbonyl (C=O) groups is 1. The molecule has 1 fully saturated rings. The average molecular weight is 413 g/mol. The summed E-state index contributed by atoms with van der Waals surface area (Å²) >= 11 is 0. The van der Waals surface area contributed by atoms with Crippen molar-refractivity contribution in [2.24, 2.45) is 11.5 Å². The minimum Gasteiger partial charge on any atom is -0.390 e. The predicted molar refractivity (Wildman–Crippen MR) is 119 cm³/mol. The van der Waals surface area contributed by atoms with Gasteiger partial charge >= 0.3 is 0 Å². The van der Waals surface area contributed by atoms with Crippen LogP contribution in [-0.4, -0.2) is 38.7 Å². The summed E-state index contributed by atoms with van der Waals surface area (Å²) in [6.45, 7) is 5.40. The summed E-state index contributed by atoms with van der Waals surface area (Å²) in [5.74, 6) is -0.0622. The number of aryl methyl sites for hydroxylation is 1. The van der Waals surface area contributed by atoms with Gasteiger partial charge in [0.05, 0.1) is 23.2 Å². The number of carbonyl (C=O) groups excluding carboxylic acids is 1. The SMILES string of the molecule is Cc1cc(CC(C)(C)O)cc(Nc2cc(N[C@@H]3CCCC[C@@H]3N)cnc2C(N)=O)n1. The van der Waals surface area contributed by atoms with Gasteiger partial charge < -0.3 is 27.2 Å². The molecule has 2 heterocycles. The van der Waals surface area contributed by atoms with Crippen LogP contribution in [0.4, 0.5) is 17.2 Å². The molecule has 8 nitrogen and oxygen atoms in total. The van der Waals surface area contributed by atoms with Gasteiger partial charge in [0, 0.05) is 24.2 Å². The molecule has 0 unspecified atom stereocenters. The summed E-state index contributed by atoms with van der Waals surface area (Å²) in [5.41, 5.74) is 14.1. The summed E-state index contributed by atoms with van der Waals surface area (Å²) < 4.78 is 0. The second-order valence-electron chi connectivity index (χ2n) is 8.80. The second kappa shape index (κ2) is 8.97. The molecule has 0 aliphatic heterocycles. The Kier molecular flexibility index (Phi) is 6.58. The number of nitrogens with one attached hydrogen (secondary N) is 2. The Bertz CT molecular complexity index is 909. The van der Waals surface area contributed by atoms with Crippen LogP contribution in [0, 0.1) is 6.92 Å². The lowest BCUT2D eigenvalue weighted by Gasteiger charge is -2.30. The maximum atomic E-state index is 11.9. The van der Waals surface area contributed by atoms with E-state index in [2.05, 4.69) is 20.6 Å². The summed E-state index contributed by atoms with van der Waals surface area (Å²) in [6.07, 6.45) is 6.37. The van der Waals surface area contributed by atoms with E-state index in [1.165, 1.54) is 0 Å². The topological polar surface area (TPSA) is 139 Å². The quantitative estimate of drug-likeness (QED) is 0.471. The highest BCUT2D eigenvalue weighted by atomic mass is 16.3. The molecule has 162 valence electrons. The van der Waals surface area contributed by atoms with Gasteiger partial charge in [-0.05, 0) is 57.4 Å². The summed E-state index contributed by atoms with van der Waals surface area (Å²) in [4.78, 5) is 20.7. The maximum Gasteiger partial charge on any atom is 0.269 e. The number of hydrogen-bond acceptors (Lipinski definition) is 7. The highest BCUT2D eigenvalue weighted by molar-refractivity contribution is 5.97. The van der Waals surface area contributed by atoms with Gasteiger partial charge in [-0.25, -0.2) is 9.97 Å². The number of amides is 1. The number of nitrogens with zero attached hydrogens (tertiary/aromatic N) is 2. The third-order valence-electron chi connectivity index (χ3n) is 5.21. The molecule has 0 spiro atoms. The fraction of sp³-hybridized carbons (Fsp3) is 0.500. The first kappa shape index (κ1) is 22.0. The molecular formula is C22H32N6O2. The molecule has 3 rings (SSSR count). The lowest BCUT2D eigenvalue weighted by atomic mass is 9.91. The number of rotatable bonds is 7. The largest absolute Gasteiger partial charge is 0.390 e. The van der Waals surface area contributed by atoms with Crippen molar-refractivity contribution in [2.75, 3.05) is 10.6 Å². The highest BCUT2D eigenvalue weighted by Crippen LogP contribution is 2.26. The molecule has 8 heteroatoms. The fourth-order valence-corrected chi connectivity index (χ4v) is 3.93. The van der Waals surface area contributed by atoms with E-state index in [1.807, 2.05) is 25.1 Å². The number of hydrogen-bond donors (Lipinski definition) is 5. The zero-order valence-corrected chi connectivity index (χ0v) is 17.9. The van der Waals surface area contributed by atoms with Crippen LogP contribution in [0.1, 0.15) is 61.3 Å². The smallest absolute Gasteiger partial charge is 0.269 e. The Morgan fingerprint density at radius 1 is 1.27 bits per heavy atom. The molecule has 30 heavy (non-hydrogen) atoms. The van der Waals surface area contributed by atoms with Crippen molar-refractivity contribution in [3.05, 3.63) is 41.3 Å². The Hall–Kier alpha value is -2.71. The Morgan fingerprint density at radius 2 is 2.00 bits per heavy atom. The molecule has 1 aliphatic carbocycles. The molecular weight excluding hydrogens is 380 g/mol. The Morgan fingerprint density at radius 3 is 2.67 bits per heavy atom. The first-order chi connectivity index (χ1) is 14.1. The number of primary amides is 1. The first-order valence-electron chi connectivity index (χ1n) is 10.4. The lowest BCUT2D eigenvalue weighted by molar-refractivity contribution is 0.0809. The van der Waals surface area contributed by atoms with Gasteiger partial charge in [0.25, 0.3) is 5.91 Å². The molecule has 0 aromatic carbocycles. The van der Waals surface area contributed by atoms with Gasteiger partial charge in [-0.3, -0.25) is 4.79 Å². The van der Waals surface area contributed by atoms with Gasteiger partial charge in [0.1, 0.15) is 5.82 Å². The molecule has 1 saturated carbocycles. The van der Waals surface area contributed by atoms with Crippen molar-refractivity contribution in [1.82, 2.24) is 9.97 Å². The zero-order valence-electron chi connectivity index (χ0n) is 17.9. The minimum absolute atomic E-state index is 0.0915. The molecule has 2 atom stereocenters. The third-order valence-corrected chi connectivity index (χ3v) is 5.21. The minimum atomic E-state index is -0.840. The molecule has 2 aromatic rings. The van der Waals surface area contributed by atoms with E-state index in [0.29, 0.717) is 17.9 Å². The van der Waals surface area contributed by atoms with E-state index in [1.54, 1.807) is 20.0 Å². The first-order valence-corrected chi connectivity index (χ1v) is 10.4. The predicted octanol–water partition coefficient (Wildman–Crippen LogP) is 2.62. The van der Waals surface area contributed by atoms with E-state index in [-0.39, 0.29) is 17.8 Å². The van der Waals surface area contributed by atoms with Crippen molar-refractivity contribution in [2.45, 2.75) is 70.6 Å². The van der Waals surface area contributed by atoms with Crippen LogP contribution in [-0.2, 0) is 6.42 Å². The van der Waals surface area contributed by atoms with Crippen molar-refractivity contribution in [1.29, 1.82) is 0 Å². The fourth-order valence-electron chi connectivity index (χ4n) is 3.93. The van der Waals surface area contributed by atoms with E-state index < -0.39 is 11.5 Å². The number of nitrogens with two attached hydrogens (primary N) is 2. The number of anilines is 3. The zero-order chi connectivity index (χ0) is 21.9. The Balaban J connectivity index is 1.87. The molecule has 1 amide bonds. The van der Waals surface area contributed by atoms with Gasteiger partial charge in [-0.2, -0.15) is 0 Å². The Labute approximate surface area is 177 Å². The van der Waals surface area contributed by atoms with E-state index in [9.17, 15) is 9.90 Å². The summed E-state index contributed by atoms with van der Waals surface area (Å²) in [6, 6.07) is 5.86. The molecule has 1 aliphatic rings. The van der Waals surface area contributed by atoms with Crippen molar-refractivity contribution < 1.29 is 9.90 Å². The standard InChI is InChI=1S/C22H32N6O2/c1-13-8-14(11-22(2,3)30)9-19(26-13)28-18-10-15(12-25-20(18)21(24)29)27-17-7-5-4-6-16(17)23/h8-10,12,16-17,27,30H,4-7,11,23H2,1-3H3,(H2,24,29)(H,26,28)/t16-,17+/m0/s1. The van der Waals surface area contributed by atoms with Crippen molar-refractivity contribution >= 4 is 23.1 Å². The van der Waals surface area contributed by atoms with Crippen LogP contribution < -0.4 is 22.1 Å². The lowest BCUT2D eigenvalue weighted by Crippen LogP contribution is -2.42.